The highest BCUT2D eigenvalue weighted by Gasteiger charge is 2.25. The molecular weight excluding hydrogens is 168 g/mol. The first kappa shape index (κ1) is 8.53. The van der Waals surface area contributed by atoms with Crippen molar-refractivity contribution in [2.45, 2.75) is 19.3 Å². The molecule has 0 spiro atoms. The van der Waals surface area contributed by atoms with Crippen molar-refractivity contribution in [1.29, 1.82) is 0 Å². The zero-order valence-electron chi connectivity index (χ0n) is 7.66. The zero-order chi connectivity index (χ0) is 9.26. The van der Waals surface area contributed by atoms with Gasteiger partial charge in [0.1, 0.15) is 0 Å². The van der Waals surface area contributed by atoms with Gasteiger partial charge in [-0.3, -0.25) is 9.59 Å². The maximum Gasteiger partial charge on any atom is 0.222 e. The van der Waals surface area contributed by atoms with E-state index in [4.69, 9.17) is 0 Å². The highest BCUT2D eigenvalue weighted by molar-refractivity contribution is 5.81. The molecule has 72 valence electrons. The Balaban J connectivity index is 1.56. The Morgan fingerprint density at radius 3 is 1.54 bits per heavy atom. The number of carbonyl (C=O) groups is 2. The summed E-state index contributed by atoms with van der Waals surface area (Å²) in [5.41, 5.74) is 0. The van der Waals surface area contributed by atoms with Crippen LogP contribution in [0.5, 0.6) is 0 Å². The van der Waals surface area contributed by atoms with E-state index in [9.17, 15) is 9.59 Å². The molecule has 0 unspecified atom stereocenters. The Labute approximate surface area is 77.5 Å². The number of hydrogen-bond donors (Lipinski definition) is 0. The molecule has 0 atom stereocenters. The number of hydrogen-bond acceptors (Lipinski definition) is 2. The van der Waals surface area contributed by atoms with Crippen LogP contribution in [-0.2, 0) is 9.59 Å². The molecule has 13 heavy (non-hydrogen) atoms. The van der Waals surface area contributed by atoms with Crippen LogP contribution in [0.15, 0.2) is 0 Å². The summed E-state index contributed by atoms with van der Waals surface area (Å²) in [6, 6.07) is 0. The summed E-state index contributed by atoms with van der Waals surface area (Å²) in [5, 5.41) is 0. The molecule has 2 fully saturated rings. The van der Waals surface area contributed by atoms with Gasteiger partial charge in [0.2, 0.25) is 11.8 Å². The van der Waals surface area contributed by atoms with Crippen LogP contribution < -0.4 is 0 Å². The van der Waals surface area contributed by atoms with Crippen LogP contribution in [0.4, 0.5) is 0 Å². The van der Waals surface area contributed by atoms with Gasteiger partial charge in [0.25, 0.3) is 0 Å². The SMILES string of the molecule is O=C(CCCC(=O)N1CC1)N1CC1. The number of nitrogens with zero attached hydrogens (tertiary/aromatic N) is 2. The molecule has 2 aliphatic heterocycles. The first-order valence-electron chi connectivity index (χ1n) is 4.83. The van der Waals surface area contributed by atoms with E-state index in [1.807, 2.05) is 9.80 Å². The summed E-state index contributed by atoms with van der Waals surface area (Å²) in [6.45, 7) is 3.66. The van der Waals surface area contributed by atoms with E-state index in [1.54, 1.807) is 0 Å². The molecule has 2 rings (SSSR count). The van der Waals surface area contributed by atoms with E-state index in [1.165, 1.54) is 0 Å². The topological polar surface area (TPSA) is 40.2 Å². The third-order valence-electron chi connectivity index (χ3n) is 2.38. The molecular formula is C9H14N2O2. The first-order valence-corrected chi connectivity index (χ1v) is 4.83. The van der Waals surface area contributed by atoms with Gasteiger partial charge in [0.15, 0.2) is 0 Å². The summed E-state index contributed by atoms with van der Waals surface area (Å²) < 4.78 is 0. The van der Waals surface area contributed by atoms with E-state index < -0.39 is 0 Å². The van der Waals surface area contributed by atoms with Crippen molar-refractivity contribution in [1.82, 2.24) is 9.80 Å². The van der Waals surface area contributed by atoms with Gasteiger partial charge in [-0.15, -0.1) is 0 Å². The van der Waals surface area contributed by atoms with E-state index >= 15 is 0 Å². The molecule has 2 heterocycles. The second-order valence-corrected chi connectivity index (χ2v) is 3.62. The van der Waals surface area contributed by atoms with Crippen molar-refractivity contribution in [3.8, 4) is 0 Å². The van der Waals surface area contributed by atoms with E-state index in [-0.39, 0.29) is 11.8 Å². The molecule has 0 aromatic carbocycles. The zero-order valence-corrected chi connectivity index (χ0v) is 7.66. The summed E-state index contributed by atoms with van der Waals surface area (Å²) in [4.78, 5) is 26.0. The minimum absolute atomic E-state index is 0.207. The average molecular weight is 182 g/mol. The summed E-state index contributed by atoms with van der Waals surface area (Å²) >= 11 is 0. The lowest BCUT2D eigenvalue weighted by Crippen LogP contribution is -2.13. The van der Waals surface area contributed by atoms with Crippen LogP contribution in [0.1, 0.15) is 19.3 Å². The minimum Gasteiger partial charge on any atom is -0.339 e. The Morgan fingerprint density at radius 1 is 0.846 bits per heavy atom. The van der Waals surface area contributed by atoms with E-state index in [0.29, 0.717) is 19.3 Å². The van der Waals surface area contributed by atoms with Crippen molar-refractivity contribution >= 4 is 11.8 Å². The van der Waals surface area contributed by atoms with E-state index in [0.717, 1.165) is 26.2 Å². The molecule has 0 bridgehead atoms. The van der Waals surface area contributed by atoms with Crippen molar-refractivity contribution in [2.24, 2.45) is 0 Å². The normalized spacial score (nSPS) is 18.8. The van der Waals surface area contributed by atoms with Crippen molar-refractivity contribution in [3.63, 3.8) is 0 Å². The van der Waals surface area contributed by atoms with Gasteiger partial charge in [-0.1, -0.05) is 0 Å². The standard InChI is InChI=1S/C9H14N2O2/c12-8(10-4-5-10)2-1-3-9(13)11-6-7-11/h1-7H2. The lowest BCUT2D eigenvalue weighted by molar-refractivity contribution is -0.127. The van der Waals surface area contributed by atoms with Crippen LogP contribution in [0.25, 0.3) is 0 Å². The molecule has 0 radical (unpaired) electrons. The monoisotopic (exact) mass is 182 g/mol. The number of carbonyl (C=O) groups excluding carboxylic acids is 2. The van der Waals surface area contributed by atoms with Gasteiger partial charge in [-0.25, -0.2) is 0 Å². The molecule has 0 aliphatic carbocycles. The quantitative estimate of drug-likeness (QED) is 0.567. The van der Waals surface area contributed by atoms with Crippen LogP contribution in [0.2, 0.25) is 0 Å². The van der Waals surface area contributed by atoms with Crippen molar-refractivity contribution < 1.29 is 9.59 Å². The lowest BCUT2D eigenvalue weighted by atomic mass is 10.2. The van der Waals surface area contributed by atoms with Crippen LogP contribution >= 0.6 is 0 Å². The molecule has 0 N–H and O–H groups in total. The maximum atomic E-state index is 11.2. The van der Waals surface area contributed by atoms with Crippen molar-refractivity contribution in [3.05, 3.63) is 0 Å². The maximum absolute atomic E-state index is 11.2. The van der Waals surface area contributed by atoms with Crippen molar-refractivity contribution in [2.75, 3.05) is 26.2 Å². The fourth-order valence-corrected chi connectivity index (χ4v) is 1.31. The molecule has 2 saturated heterocycles. The van der Waals surface area contributed by atoms with Crippen LogP contribution in [-0.4, -0.2) is 47.8 Å². The summed E-state index contributed by atoms with van der Waals surface area (Å²) in [7, 11) is 0. The number of rotatable bonds is 4. The summed E-state index contributed by atoms with van der Waals surface area (Å²) in [5.74, 6) is 0.414. The Kier molecular flexibility index (Phi) is 2.20. The number of amides is 2. The van der Waals surface area contributed by atoms with Crippen LogP contribution in [0.3, 0.4) is 0 Å². The van der Waals surface area contributed by atoms with Gasteiger partial charge in [0, 0.05) is 39.0 Å². The molecule has 0 saturated carbocycles. The lowest BCUT2D eigenvalue weighted by Gasteiger charge is -2.01. The summed E-state index contributed by atoms with van der Waals surface area (Å²) in [6.07, 6.45) is 1.80. The first-order chi connectivity index (χ1) is 6.27. The fraction of sp³-hybridized carbons (Fsp3) is 0.778. The molecule has 4 heteroatoms. The average Bonchev–Trinajstić information content (AvgIpc) is 2.95. The predicted octanol–water partition coefficient (Wildman–Crippen LogP) is -0.159. The second kappa shape index (κ2) is 3.36. The highest BCUT2D eigenvalue weighted by Crippen LogP contribution is 2.12. The second-order valence-electron chi connectivity index (χ2n) is 3.62. The minimum atomic E-state index is 0.207. The Hall–Kier alpha value is -1.06. The van der Waals surface area contributed by atoms with Gasteiger partial charge in [0.05, 0.1) is 0 Å². The van der Waals surface area contributed by atoms with Gasteiger partial charge < -0.3 is 9.80 Å². The van der Waals surface area contributed by atoms with Gasteiger partial charge >= 0.3 is 0 Å². The van der Waals surface area contributed by atoms with Gasteiger partial charge in [-0.05, 0) is 6.42 Å². The molecule has 2 aliphatic rings. The molecule has 0 aromatic heterocycles. The third kappa shape index (κ3) is 2.44. The largest absolute Gasteiger partial charge is 0.339 e. The Bertz CT molecular complexity index is 208. The molecule has 0 aromatic rings. The van der Waals surface area contributed by atoms with Gasteiger partial charge in [-0.2, -0.15) is 0 Å². The fourth-order valence-electron chi connectivity index (χ4n) is 1.31. The third-order valence-corrected chi connectivity index (χ3v) is 2.38. The Morgan fingerprint density at radius 2 is 1.23 bits per heavy atom. The molecule has 4 nitrogen and oxygen atoms in total. The van der Waals surface area contributed by atoms with Crippen LogP contribution in [0, 0.1) is 0 Å². The molecule has 2 amide bonds. The van der Waals surface area contributed by atoms with E-state index in [2.05, 4.69) is 0 Å². The smallest absolute Gasteiger partial charge is 0.222 e. The predicted molar refractivity (Wildman–Crippen MR) is 47.0 cm³/mol. The highest BCUT2D eigenvalue weighted by atomic mass is 16.2.